The Morgan fingerprint density at radius 1 is 0.872 bits per heavy atom. The summed E-state index contributed by atoms with van der Waals surface area (Å²) in [5.41, 5.74) is 5.59. The zero-order valence-corrected chi connectivity index (χ0v) is 22.4. The van der Waals surface area contributed by atoms with Crippen molar-refractivity contribution in [2.75, 3.05) is 46.5 Å². The van der Waals surface area contributed by atoms with E-state index in [-0.39, 0.29) is 0 Å². The van der Waals surface area contributed by atoms with E-state index in [1.165, 1.54) is 10.6 Å². The Morgan fingerprint density at radius 3 is 2.41 bits per heavy atom. The molecule has 198 valence electrons. The van der Waals surface area contributed by atoms with Gasteiger partial charge in [-0.25, -0.2) is 18.4 Å². The largest absolute Gasteiger partial charge is 0.368 e. The maximum atomic E-state index is 12.7. The van der Waals surface area contributed by atoms with Crippen LogP contribution in [0.25, 0.3) is 22.0 Å². The highest BCUT2D eigenvalue weighted by molar-refractivity contribution is 7.92. The van der Waals surface area contributed by atoms with Crippen molar-refractivity contribution in [3.63, 3.8) is 0 Å². The molecule has 9 nitrogen and oxygen atoms in total. The number of benzene rings is 3. The van der Waals surface area contributed by atoms with Crippen LogP contribution in [0.2, 0.25) is 0 Å². The minimum absolute atomic E-state index is 0.290. The van der Waals surface area contributed by atoms with Gasteiger partial charge in [-0.05, 0) is 41.5 Å². The van der Waals surface area contributed by atoms with Gasteiger partial charge in [0.15, 0.2) is 0 Å². The molecule has 0 unspecified atom stereocenters. The fourth-order valence-electron chi connectivity index (χ4n) is 5.05. The number of fused-ring (bicyclic) bond motifs is 1. The van der Waals surface area contributed by atoms with E-state index in [1.54, 1.807) is 6.33 Å². The van der Waals surface area contributed by atoms with Gasteiger partial charge in [0.05, 0.1) is 30.2 Å². The van der Waals surface area contributed by atoms with Crippen molar-refractivity contribution in [3.05, 3.63) is 97.1 Å². The Morgan fingerprint density at radius 2 is 1.67 bits per heavy atom. The van der Waals surface area contributed by atoms with Gasteiger partial charge in [-0.15, -0.1) is 0 Å². The number of nitrogens with one attached hydrogen (secondary N) is 1. The van der Waals surface area contributed by atoms with E-state index in [1.807, 2.05) is 79.1 Å². The summed E-state index contributed by atoms with van der Waals surface area (Å²) >= 11 is 0. The molecule has 3 aromatic carbocycles. The molecular formula is C29H29N7O2S. The van der Waals surface area contributed by atoms with Gasteiger partial charge >= 0.3 is 0 Å². The summed E-state index contributed by atoms with van der Waals surface area (Å²) in [5.74, 6) is 0.921. The van der Waals surface area contributed by atoms with Crippen molar-refractivity contribution in [2.45, 2.75) is 6.54 Å². The van der Waals surface area contributed by atoms with E-state index in [0.717, 1.165) is 65.3 Å². The second-order valence-electron chi connectivity index (χ2n) is 9.67. The standard InChI is InChI=1S/C29H29N7O2S/c1-39(37,38)36(20-22-6-3-2-4-7-22)26-9-5-8-25(17-26)34-12-14-35(15-13-34)29-27-16-23(24-18-32-33-19-24)10-11-28(27)30-21-31-29/h2-11,16-19,21H,12-15,20H2,1H3,(H,32,33). The third-order valence-corrected chi connectivity index (χ3v) is 8.22. The van der Waals surface area contributed by atoms with Gasteiger partial charge < -0.3 is 9.80 Å². The summed E-state index contributed by atoms with van der Waals surface area (Å²) in [7, 11) is -3.46. The molecule has 39 heavy (non-hydrogen) atoms. The molecule has 1 aliphatic rings. The molecule has 1 N–H and O–H groups in total. The van der Waals surface area contributed by atoms with Gasteiger partial charge in [0.2, 0.25) is 10.0 Å². The van der Waals surface area contributed by atoms with Crippen LogP contribution in [0.3, 0.4) is 0 Å². The van der Waals surface area contributed by atoms with Crippen LogP contribution in [-0.4, -0.2) is 61.0 Å². The molecule has 0 saturated carbocycles. The van der Waals surface area contributed by atoms with Crippen LogP contribution in [0.15, 0.2) is 91.5 Å². The third kappa shape index (κ3) is 5.28. The van der Waals surface area contributed by atoms with Crippen LogP contribution >= 0.6 is 0 Å². The van der Waals surface area contributed by atoms with Crippen LogP contribution in [0.4, 0.5) is 17.2 Å². The van der Waals surface area contributed by atoms with E-state index in [4.69, 9.17) is 0 Å². The number of anilines is 3. The number of aromatic nitrogens is 4. The molecule has 2 aromatic heterocycles. The Hall–Kier alpha value is -4.44. The second kappa shape index (κ2) is 10.4. The molecule has 0 radical (unpaired) electrons. The number of nitrogens with zero attached hydrogens (tertiary/aromatic N) is 6. The molecule has 0 aliphatic carbocycles. The Balaban J connectivity index is 1.22. The molecule has 1 aliphatic heterocycles. The average Bonchev–Trinajstić information content (AvgIpc) is 3.51. The molecule has 5 aromatic rings. The molecule has 0 bridgehead atoms. The van der Waals surface area contributed by atoms with E-state index in [2.05, 4.69) is 36.0 Å². The molecule has 1 fully saturated rings. The van der Waals surface area contributed by atoms with E-state index >= 15 is 0 Å². The number of H-pyrrole nitrogens is 1. The first-order chi connectivity index (χ1) is 19.0. The number of hydrogen-bond acceptors (Lipinski definition) is 7. The predicted molar refractivity (Wildman–Crippen MR) is 155 cm³/mol. The molecule has 0 amide bonds. The van der Waals surface area contributed by atoms with Crippen molar-refractivity contribution >= 4 is 38.1 Å². The number of piperazine rings is 1. The van der Waals surface area contributed by atoms with E-state index < -0.39 is 10.0 Å². The van der Waals surface area contributed by atoms with Crippen molar-refractivity contribution in [1.29, 1.82) is 0 Å². The van der Waals surface area contributed by atoms with Crippen molar-refractivity contribution in [2.24, 2.45) is 0 Å². The van der Waals surface area contributed by atoms with E-state index in [0.29, 0.717) is 12.2 Å². The number of sulfonamides is 1. The maximum absolute atomic E-state index is 12.7. The lowest BCUT2D eigenvalue weighted by Crippen LogP contribution is -2.47. The second-order valence-corrected chi connectivity index (χ2v) is 11.6. The predicted octanol–water partition coefficient (Wildman–Crippen LogP) is 4.31. The molecule has 10 heteroatoms. The van der Waals surface area contributed by atoms with Gasteiger partial charge in [-0.2, -0.15) is 5.10 Å². The highest BCUT2D eigenvalue weighted by Gasteiger charge is 2.23. The van der Waals surface area contributed by atoms with Gasteiger partial charge in [0.1, 0.15) is 12.1 Å². The first-order valence-corrected chi connectivity index (χ1v) is 14.7. The summed E-state index contributed by atoms with van der Waals surface area (Å²) < 4.78 is 26.9. The van der Waals surface area contributed by atoms with Crippen molar-refractivity contribution in [3.8, 4) is 11.1 Å². The molecule has 0 atom stereocenters. The Labute approximate surface area is 227 Å². The lowest BCUT2D eigenvalue weighted by molar-refractivity contribution is 0.596. The smallest absolute Gasteiger partial charge is 0.232 e. The fourth-order valence-corrected chi connectivity index (χ4v) is 5.93. The summed E-state index contributed by atoms with van der Waals surface area (Å²) in [6.45, 7) is 3.43. The highest BCUT2D eigenvalue weighted by Crippen LogP contribution is 2.31. The normalized spacial score (nSPS) is 14.1. The maximum Gasteiger partial charge on any atom is 0.232 e. The summed E-state index contributed by atoms with van der Waals surface area (Å²) in [5, 5.41) is 7.95. The SMILES string of the molecule is CS(=O)(=O)N(Cc1ccccc1)c1cccc(N2CCN(c3ncnc4ccc(-c5cn[nH]c5)cc34)CC2)c1. The summed E-state index contributed by atoms with van der Waals surface area (Å²) in [6.07, 6.45) is 6.56. The highest BCUT2D eigenvalue weighted by atomic mass is 32.2. The van der Waals surface area contributed by atoms with Crippen LogP contribution in [-0.2, 0) is 16.6 Å². The topological polar surface area (TPSA) is 98.3 Å². The van der Waals surface area contributed by atoms with Crippen molar-refractivity contribution in [1.82, 2.24) is 20.2 Å². The lowest BCUT2D eigenvalue weighted by atomic mass is 10.1. The van der Waals surface area contributed by atoms with E-state index in [9.17, 15) is 8.42 Å². The first kappa shape index (κ1) is 24.9. The van der Waals surface area contributed by atoms with Gasteiger partial charge in [0, 0.05) is 49.0 Å². The van der Waals surface area contributed by atoms with Gasteiger partial charge in [-0.1, -0.05) is 42.5 Å². The zero-order chi connectivity index (χ0) is 26.8. The van der Waals surface area contributed by atoms with Gasteiger partial charge in [-0.3, -0.25) is 9.40 Å². The monoisotopic (exact) mass is 539 g/mol. The molecule has 3 heterocycles. The number of rotatable bonds is 7. The van der Waals surface area contributed by atoms with Crippen LogP contribution in [0, 0.1) is 0 Å². The van der Waals surface area contributed by atoms with Crippen LogP contribution < -0.4 is 14.1 Å². The third-order valence-electron chi connectivity index (χ3n) is 7.08. The van der Waals surface area contributed by atoms with Crippen LogP contribution in [0.1, 0.15) is 5.56 Å². The fraction of sp³-hybridized carbons (Fsp3) is 0.207. The molecular weight excluding hydrogens is 510 g/mol. The number of aromatic amines is 1. The zero-order valence-electron chi connectivity index (χ0n) is 21.6. The minimum atomic E-state index is -3.46. The quantitative estimate of drug-likeness (QED) is 0.329. The van der Waals surface area contributed by atoms with Crippen LogP contribution in [0.5, 0.6) is 0 Å². The number of hydrogen-bond donors (Lipinski definition) is 1. The average molecular weight is 540 g/mol. The van der Waals surface area contributed by atoms with Crippen molar-refractivity contribution < 1.29 is 8.42 Å². The molecule has 1 saturated heterocycles. The lowest BCUT2D eigenvalue weighted by Gasteiger charge is -2.37. The Kier molecular flexibility index (Phi) is 6.62. The molecule has 6 rings (SSSR count). The van der Waals surface area contributed by atoms with Gasteiger partial charge in [0.25, 0.3) is 0 Å². The Bertz CT molecular complexity index is 1680. The first-order valence-electron chi connectivity index (χ1n) is 12.8. The summed E-state index contributed by atoms with van der Waals surface area (Å²) in [6, 6.07) is 23.6. The molecule has 0 spiro atoms. The summed E-state index contributed by atoms with van der Waals surface area (Å²) in [4.78, 5) is 13.7. The minimum Gasteiger partial charge on any atom is -0.368 e.